The molecule has 0 unspecified atom stereocenters. The topological polar surface area (TPSA) is 72.4 Å². The summed E-state index contributed by atoms with van der Waals surface area (Å²) in [4.78, 5) is 19.3. The Bertz CT molecular complexity index is 764. The molecule has 0 radical (unpaired) electrons. The van der Waals surface area contributed by atoms with Crippen LogP contribution in [-0.2, 0) is 11.3 Å². The predicted molar refractivity (Wildman–Crippen MR) is 79.1 cm³/mol. The normalized spacial score (nSPS) is 18.3. The van der Waals surface area contributed by atoms with Gasteiger partial charge in [0.15, 0.2) is 0 Å². The van der Waals surface area contributed by atoms with E-state index >= 15 is 0 Å². The third-order valence-corrected chi connectivity index (χ3v) is 4.54. The SMILES string of the molecule is O=C1C[C@@H](c2nc(-c3cccs3)no2)CN1Cc1ccco1. The van der Waals surface area contributed by atoms with E-state index in [1.807, 2.05) is 29.6 Å². The van der Waals surface area contributed by atoms with Crippen LogP contribution < -0.4 is 0 Å². The summed E-state index contributed by atoms with van der Waals surface area (Å²) < 4.78 is 10.6. The summed E-state index contributed by atoms with van der Waals surface area (Å²) in [5.41, 5.74) is 0. The molecule has 112 valence electrons. The molecule has 0 saturated carbocycles. The summed E-state index contributed by atoms with van der Waals surface area (Å²) in [7, 11) is 0. The first kappa shape index (κ1) is 13.3. The van der Waals surface area contributed by atoms with Gasteiger partial charge in [-0.3, -0.25) is 4.79 Å². The number of aromatic nitrogens is 2. The van der Waals surface area contributed by atoms with Crippen LogP contribution in [0.5, 0.6) is 0 Å². The standard InChI is InChI=1S/C15H13N3O3S/c19-13-7-10(8-18(13)9-11-3-1-5-20-11)15-16-14(17-21-15)12-4-2-6-22-12/h1-6,10H,7-9H2/t10-/m1/s1. The van der Waals surface area contributed by atoms with Crippen LogP contribution in [0.3, 0.4) is 0 Å². The third-order valence-electron chi connectivity index (χ3n) is 3.67. The number of likely N-dealkylation sites (tertiary alicyclic amines) is 1. The quantitative estimate of drug-likeness (QED) is 0.740. The molecule has 1 fully saturated rings. The Morgan fingerprint density at radius 3 is 3.09 bits per heavy atom. The van der Waals surface area contributed by atoms with Gasteiger partial charge in [0, 0.05) is 13.0 Å². The molecule has 1 amide bonds. The molecule has 3 aromatic rings. The molecule has 1 saturated heterocycles. The molecule has 3 aromatic heterocycles. The van der Waals surface area contributed by atoms with Crippen molar-refractivity contribution in [2.45, 2.75) is 18.9 Å². The molecule has 22 heavy (non-hydrogen) atoms. The average molecular weight is 315 g/mol. The maximum atomic E-state index is 12.1. The van der Waals surface area contributed by atoms with Gasteiger partial charge in [-0.25, -0.2) is 0 Å². The first-order chi connectivity index (χ1) is 10.8. The zero-order valence-electron chi connectivity index (χ0n) is 11.6. The van der Waals surface area contributed by atoms with Crippen molar-refractivity contribution in [2.24, 2.45) is 0 Å². The molecule has 4 heterocycles. The number of hydrogen-bond donors (Lipinski definition) is 0. The summed E-state index contributed by atoms with van der Waals surface area (Å²) in [5.74, 6) is 1.92. The number of hydrogen-bond acceptors (Lipinski definition) is 6. The number of carbonyl (C=O) groups excluding carboxylic acids is 1. The van der Waals surface area contributed by atoms with Crippen LogP contribution in [-0.4, -0.2) is 27.5 Å². The molecule has 7 heteroatoms. The molecule has 0 N–H and O–H groups in total. The van der Waals surface area contributed by atoms with Gasteiger partial charge in [-0.2, -0.15) is 4.98 Å². The van der Waals surface area contributed by atoms with E-state index in [0.29, 0.717) is 31.2 Å². The zero-order valence-corrected chi connectivity index (χ0v) is 12.5. The van der Waals surface area contributed by atoms with E-state index < -0.39 is 0 Å². The molecular weight excluding hydrogens is 302 g/mol. The van der Waals surface area contributed by atoms with Crippen LogP contribution in [0.15, 0.2) is 44.8 Å². The molecule has 1 aliphatic heterocycles. The van der Waals surface area contributed by atoms with Crippen molar-refractivity contribution in [3.05, 3.63) is 47.6 Å². The lowest BCUT2D eigenvalue weighted by molar-refractivity contribution is -0.128. The van der Waals surface area contributed by atoms with Gasteiger partial charge in [0.1, 0.15) is 5.76 Å². The summed E-state index contributed by atoms with van der Waals surface area (Å²) in [6.07, 6.45) is 2.01. The second kappa shape index (κ2) is 5.42. The lowest BCUT2D eigenvalue weighted by Crippen LogP contribution is -2.24. The summed E-state index contributed by atoms with van der Waals surface area (Å²) >= 11 is 1.56. The molecular formula is C15H13N3O3S. The van der Waals surface area contributed by atoms with Crippen molar-refractivity contribution in [2.75, 3.05) is 6.54 Å². The highest BCUT2D eigenvalue weighted by Crippen LogP contribution is 2.30. The maximum Gasteiger partial charge on any atom is 0.232 e. The number of furan rings is 1. The fourth-order valence-electron chi connectivity index (χ4n) is 2.59. The van der Waals surface area contributed by atoms with Crippen molar-refractivity contribution in [1.29, 1.82) is 0 Å². The Hall–Kier alpha value is -2.41. The fourth-order valence-corrected chi connectivity index (χ4v) is 3.24. The van der Waals surface area contributed by atoms with E-state index in [-0.39, 0.29) is 11.8 Å². The third kappa shape index (κ3) is 2.43. The van der Waals surface area contributed by atoms with E-state index in [4.69, 9.17) is 8.94 Å². The van der Waals surface area contributed by atoms with Crippen LogP contribution >= 0.6 is 11.3 Å². The number of amides is 1. The minimum Gasteiger partial charge on any atom is -0.467 e. The minimum absolute atomic E-state index is 0.0522. The monoisotopic (exact) mass is 315 g/mol. The van der Waals surface area contributed by atoms with Crippen molar-refractivity contribution >= 4 is 17.2 Å². The highest BCUT2D eigenvalue weighted by Gasteiger charge is 2.34. The number of nitrogens with zero attached hydrogens (tertiary/aromatic N) is 3. The van der Waals surface area contributed by atoms with Crippen molar-refractivity contribution < 1.29 is 13.7 Å². The largest absolute Gasteiger partial charge is 0.467 e. The van der Waals surface area contributed by atoms with Gasteiger partial charge in [0.25, 0.3) is 0 Å². The molecule has 4 rings (SSSR count). The Balaban J connectivity index is 1.49. The van der Waals surface area contributed by atoms with Gasteiger partial charge in [0.2, 0.25) is 17.6 Å². The number of rotatable bonds is 4. The molecule has 6 nitrogen and oxygen atoms in total. The smallest absolute Gasteiger partial charge is 0.232 e. The fraction of sp³-hybridized carbons (Fsp3) is 0.267. The van der Waals surface area contributed by atoms with Crippen molar-refractivity contribution in [1.82, 2.24) is 15.0 Å². The van der Waals surface area contributed by atoms with Crippen LogP contribution in [0.2, 0.25) is 0 Å². The van der Waals surface area contributed by atoms with E-state index in [1.54, 1.807) is 22.5 Å². The van der Waals surface area contributed by atoms with Crippen LogP contribution in [0.4, 0.5) is 0 Å². The molecule has 0 spiro atoms. The van der Waals surface area contributed by atoms with Gasteiger partial charge in [0.05, 0.1) is 23.6 Å². The van der Waals surface area contributed by atoms with Gasteiger partial charge in [-0.1, -0.05) is 11.2 Å². The van der Waals surface area contributed by atoms with Crippen LogP contribution in [0.1, 0.15) is 24.0 Å². The van der Waals surface area contributed by atoms with Crippen LogP contribution in [0, 0.1) is 0 Å². The molecule has 1 atom stereocenters. The second-order valence-electron chi connectivity index (χ2n) is 5.19. The Morgan fingerprint density at radius 1 is 1.36 bits per heavy atom. The van der Waals surface area contributed by atoms with Gasteiger partial charge >= 0.3 is 0 Å². The predicted octanol–water partition coefficient (Wildman–Crippen LogP) is 2.91. The highest BCUT2D eigenvalue weighted by molar-refractivity contribution is 7.13. The average Bonchev–Trinajstić information content (AvgIpc) is 3.27. The molecule has 0 bridgehead atoms. The first-order valence-corrected chi connectivity index (χ1v) is 7.85. The number of carbonyl (C=O) groups is 1. The van der Waals surface area contributed by atoms with E-state index in [1.165, 1.54) is 0 Å². The number of thiophene rings is 1. The molecule has 0 aliphatic carbocycles. The summed E-state index contributed by atoms with van der Waals surface area (Å²) in [6, 6.07) is 7.57. The molecule has 0 aromatic carbocycles. The second-order valence-corrected chi connectivity index (χ2v) is 6.14. The van der Waals surface area contributed by atoms with Gasteiger partial charge in [-0.05, 0) is 23.6 Å². The summed E-state index contributed by atoms with van der Waals surface area (Å²) in [6.45, 7) is 1.06. The first-order valence-electron chi connectivity index (χ1n) is 6.97. The minimum atomic E-state index is -0.0522. The Morgan fingerprint density at radius 2 is 2.32 bits per heavy atom. The Labute approximate surface area is 130 Å². The highest BCUT2D eigenvalue weighted by atomic mass is 32.1. The molecule has 1 aliphatic rings. The zero-order chi connectivity index (χ0) is 14.9. The lowest BCUT2D eigenvalue weighted by Gasteiger charge is -2.13. The van der Waals surface area contributed by atoms with E-state index in [0.717, 1.165) is 10.6 Å². The Kier molecular flexibility index (Phi) is 3.27. The van der Waals surface area contributed by atoms with Gasteiger partial charge < -0.3 is 13.8 Å². The van der Waals surface area contributed by atoms with Gasteiger partial charge in [-0.15, -0.1) is 11.3 Å². The lowest BCUT2D eigenvalue weighted by atomic mass is 10.1. The van der Waals surface area contributed by atoms with Crippen LogP contribution in [0.25, 0.3) is 10.7 Å². The van der Waals surface area contributed by atoms with E-state index in [9.17, 15) is 4.79 Å². The van der Waals surface area contributed by atoms with E-state index in [2.05, 4.69) is 10.1 Å². The van der Waals surface area contributed by atoms with Crippen molar-refractivity contribution in [3.63, 3.8) is 0 Å². The summed E-state index contributed by atoms with van der Waals surface area (Å²) in [5, 5.41) is 5.97. The van der Waals surface area contributed by atoms with Crippen molar-refractivity contribution in [3.8, 4) is 10.7 Å². The maximum absolute atomic E-state index is 12.1.